The van der Waals surface area contributed by atoms with Gasteiger partial charge in [-0.3, -0.25) is 0 Å². The van der Waals surface area contributed by atoms with Crippen molar-refractivity contribution in [3.05, 3.63) is 281 Å². The number of aryl methyl sites for hydroxylation is 3. The minimum Gasteiger partial charge on any atom is -0.630 e. The summed E-state index contributed by atoms with van der Waals surface area (Å²) in [5.41, 5.74) is 12.8. The minimum atomic E-state index is -4.36. The third kappa shape index (κ3) is 17.1. The van der Waals surface area contributed by atoms with E-state index in [1.54, 1.807) is 64.3 Å². The summed E-state index contributed by atoms with van der Waals surface area (Å²) in [5, 5.41) is 3.73. The lowest BCUT2D eigenvalue weighted by atomic mass is 9.78. The average Bonchev–Trinajstić information content (AvgIpc) is 0.737. The number of hydrogen-bond donors (Lipinski definition) is 0. The van der Waals surface area contributed by atoms with Crippen molar-refractivity contribution in [3.8, 4) is 23.0 Å². The molecule has 120 heavy (non-hydrogen) atoms. The Hall–Kier alpha value is -11.9. The summed E-state index contributed by atoms with van der Waals surface area (Å²) >= 11 is 0. The highest BCUT2D eigenvalue weighted by Crippen LogP contribution is 2.48. The van der Waals surface area contributed by atoms with Crippen LogP contribution in [0.5, 0.6) is 23.0 Å². The first kappa shape index (κ1) is 83.2. The number of allylic oxidation sites excluding steroid dienone is 15. The monoisotopic (exact) mass is 1670 g/mol. The fourth-order valence-corrected chi connectivity index (χ4v) is 16.3. The highest BCUT2D eigenvalue weighted by molar-refractivity contribution is 6.54. The standard InChI is InChI=1S/C19H19BF2O2.C15H11BF2O3.C14H16BF2NO2.C13H13BF2O3.C12H11BF2O4.C12H11BF2O2/c1-19(2,3)18-15-11-10-13-9-8-12-6-4-5-7-14(12)16(13)17(15)23-20(21,22)24-18;1-9-12-8-19-13-7-6-10-4-2-3-5-11(10)14(13)15(12)21-16(17,18)20-9;1-9-12-6-4-10-8-11(18(2)3)5-7-13(10)14(12)20-15(16,17)19-9;1-8-11-5-3-9-7-10(17-2)4-6-12(9)13(11)19-14(15,16)18-8;1-7-10-6-17-11-5-8(16-2)3-4-9(11)12(10)19-13(14,15)18-7;1-8-10-7-6-9-4-2-3-5-11(9)12(10)17-13(14,15)16-8/h4-9H,10-11H2,1-3H3;2-7H,8H2,1H3;5,7-8H,4,6H2,1-3H3;4,6-7H,3,5H2,1-2H3;3-5H,6H2,1-2H3;2-5H,6-7H2,1H3. The van der Waals surface area contributed by atoms with E-state index in [4.69, 9.17) is 50.0 Å². The van der Waals surface area contributed by atoms with Crippen LogP contribution >= 0.6 is 0 Å². The Bertz CT molecular complexity index is 5880. The van der Waals surface area contributed by atoms with Gasteiger partial charge in [0.2, 0.25) is 0 Å². The Morgan fingerprint density at radius 2 is 0.833 bits per heavy atom. The molecule has 7 aromatic carbocycles. The molecule has 13 aliphatic rings. The van der Waals surface area contributed by atoms with Gasteiger partial charge >= 0.3 is 54.2 Å². The number of benzene rings is 7. The number of methoxy groups -OCH3 is 2. The zero-order valence-corrected chi connectivity index (χ0v) is 67.5. The Morgan fingerprint density at radius 3 is 1.43 bits per heavy atom. The van der Waals surface area contributed by atoms with E-state index in [-0.39, 0.29) is 65.1 Å². The Balaban J connectivity index is 0.000000113. The van der Waals surface area contributed by atoms with Crippen LogP contribution in [0.1, 0.15) is 154 Å². The summed E-state index contributed by atoms with van der Waals surface area (Å²) in [7, 11) is -18.7. The van der Waals surface area contributed by atoms with Crippen molar-refractivity contribution in [2.24, 2.45) is 5.41 Å². The van der Waals surface area contributed by atoms with Crippen LogP contribution in [0.2, 0.25) is 0 Å². The second-order valence-corrected chi connectivity index (χ2v) is 31.2. The minimum absolute atomic E-state index is 0.123. The van der Waals surface area contributed by atoms with Crippen LogP contribution in [-0.2, 0) is 51.8 Å². The van der Waals surface area contributed by atoms with Gasteiger partial charge in [0.25, 0.3) is 17.3 Å². The van der Waals surface area contributed by atoms with Crippen LogP contribution in [0.3, 0.4) is 0 Å². The van der Waals surface area contributed by atoms with Gasteiger partial charge in [-0.1, -0.05) is 106 Å². The smallest absolute Gasteiger partial charge is 0.630 e. The summed E-state index contributed by atoms with van der Waals surface area (Å²) in [6.45, 7) is 13.7. The van der Waals surface area contributed by atoms with E-state index >= 15 is 0 Å². The second kappa shape index (κ2) is 31.7. The molecular formula is C85H81B6F12NO16. The summed E-state index contributed by atoms with van der Waals surface area (Å²) in [6.07, 6.45) is 11.6. The van der Waals surface area contributed by atoms with E-state index in [1.807, 2.05) is 155 Å². The van der Waals surface area contributed by atoms with E-state index in [1.165, 1.54) is 21.0 Å². The topological polar surface area (TPSA) is 161 Å². The molecule has 0 aromatic heterocycles. The maximum atomic E-state index is 14.2. The molecule has 17 nitrogen and oxygen atoms in total. The fraction of sp³-hybridized carbons (Fsp3) is 0.271. The molecule has 0 spiro atoms. The zero-order valence-electron chi connectivity index (χ0n) is 67.5. The lowest BCUT2D eigenvalue weighted by molar-refractivity contribution is -0.462. The van der Waals surface area contributed by atoms with Crippen molar-refractivity contribution in [1.29, 1.82) is 0 Å². The molecule has 7 aromatic rings. The number of rotatable bonds is 2. The summed E-state index contributed by atoms with van der Waals surface area (Å²) in [4.78, 5) is 0. The van der Waals surface area contributed by atoms with Gasteiger partial charge < -0.3 is 125 Å². The summed E-state index contributed by atoms with van der Waals surface area (Å²) < 4.78 is 243. The first-order valence-electron chi connectivity index (χ1n) is 39.0. The van der Waals surface area contributed by atoms with E-state index in [9.17, 15) is 51.8 Å². The molecule has 8 aliphatic heterocycles. The number of nitrogens with zero attached hydrogens (tertiary/aromatic N) is 1. The fourth-order valence-electron chi connectivity index (χ4n) is 16.3. The molecule has 0 unspecified atom stereocenters. The van der Waals surface area contributed by atoms with Crippen LogP contribution in [0.4, 0.5) is 51.8 Å². The maximum Gasteiger partial charge on any atom is 0.994 e. The van der Waals surface area contributed by atoms with Crippen molar-refractivity contribution in [1.82, 2.24) is 0 Å². The van der Waals surface area contributed by atoms with Gasteiger partial charge in [0.1, 0.15) is 72.6 Å². The van der Waals surface area contributed by atoms with Crippen molar-refractivity contribution < 1.29 is 130 Å². The largest absolute Gasteiger partial charge is 0.994 e. The molecule has 0 saturated carbocycles. The van der Waals surface area contributed by atoms with Crippen LogP contribution in [0.25, 0.3) is 21.5 Å². The predicted octanol–water partition coefficient (Wildman–Crippen LogP) is 20.3. The number of ether oxygens (including phenoxy) is 4. The van der Waals surface area contributed by atoms with Crippen molar-refractivity contribution >= 4 is 98.8 Å². The van der Waals surface area contributed by atoms with E-state index in [0.29, 0.717) is 93.8 Å². The number of ketones is 5. The van der Waals surface area contributed by atoms with Gasteiger partial charge in [0, 0.05) is 40.2 Å². The summed E-state index contributed by atoms with van der Waals surface area (Å²) in [5.74, 6) is 5.18. The molecule has 0 N–H and O–H groups in total. The molecule has 0 bridgehead atoms. The highest BCUT2D eigenvalue weighted by atomic mass is 19.3. The van der Waals surface area contributed by atoms with Gasteiger partial charge in [0.05, 0.1) is 87.9 Å². The molecule has 0 fully saturated rings. The molecule has 0 saturated heterocycles. The normalized spacial score (nSPS) is 20.5. The third-order valence-corrected chi connectivity index (χ3v) is 21.9. The van der Waals surface area contributed by atoms with Crippen molar-refractivity contribution in [2.45, 2.75) is 107 Å². The van der Waals surface area contributed by atoms with Gasteiger partial charge in [-0.05, 0) is 173 Å². The predicted molar refractivity (Wildman–Crippen MR) is 434 cm³/mol. The Labute approximate surface area is 683 Å². The molecule has 8 heterocycles. The van der Waals surface area contributed by atoms with Gasteiger partial charge in [-0.2, -0.15) is 0 Å². The van der Waals surface area contributed by atoms with Crippen LogP contribution in [0.15, 0.2) is 237 Å². The molecule has 35 heteroatoms. The number of fused-ring (bicyclic) bond motifs is 21. The first-order valence-corrected chi connectivity index (χ1v) is 39.0. The Morgan fingerprint density at radius 1 is 0.383 bits per heavy atom. The second-order valence-electron chi connectivity index (χ2n) is 31.2. The summed E-state index contributed by atoms with van der Waals surface area (Å²) in [6, 6.07) is 40.9. The number of halogens is 12. The zero-order chi connectivity index (χ0) is 85.5. The number of carbonyl (C=O) groups excluding carboxylic acids is 5. The van der Waals surface area contributed by atoms with Crippen LogP contribution in [-0.4, -0.2) is 123 Å². The van der Waals surface area contributed by atoms with Crippen molar-refractivity contribution in [3.63, 3.8) is 0 Å². The van der Waals surface area contributed by atoms with Crippen LogP contribution in [0, 0.1) is 5.41 Å². The molecule has 5 aliphatic carbocycles. The molecule has 0 radical (unpaired) electrons. The lowest BCUT2D eigenvalue weighted by Gasteiger charge is -2.40. The molecular weight excluding hydrogens is 1580 g/mol. The first-order chi connectivity index (χ1) is 56.7. The molecule has 0 atom stereocenters. The average molecular weight is 1670 g/mol. The van der Waals surface area contributed by atoms with E-state index in [2.05, 4.69) is 23.3 Å². The quantitative estimate of drug-likeness (QED) is 0.0701. The molecule has 0 amide bonds. The number of hydrogen-bond acceptors (Lipinski definition) is 11. The van der Waals surface area contributed by atoms with Gasteiger partial charge in [-0.15, -0.1) is 0 Å². The van der Waals surface area contributed by atoms with Crippen molar-refractivity contribution in [2.75, 3.05) is 41.5 Å². The maximum absolute atomic E-state index is 14.2. The lowest BCUT2D eigenvalue weighted by Crippen LogP contribution is -2.39. The Kier molecular flexibility index (Phi) is 21.9. The van der Waals surface area contributed by atoms with E-state index in [0.717, 1.165) is 114 Å². The SMILES string of the molecule is CC(C)(C)C1=C2CCc3ccc4ccccc4c3C2=[O+][B-](F)(F)O1.CC1=C2CCC3=CC(=[N+](C)C)C=CC3=C2O[B-](F)(F)O1.CC1=C2CCc3ccccc3C2=[O+][B-](F)(F)O1.CC1=C2COc3ccc4ccccc4c3C2=[O+][B-](F)(F)O1.COc1ccc2c(c1)CCC1=C(C)O[B-](F)(F)[O+]=C12.COc1ccc2c(c1)OCC1=C(C)O[B-](F)(F)[O+]=C12. The third-order valence-electron chi connectivity index (χ3n) is 21.9. The molecule has 20 rings (SSSR count). The highest BCUT2D eigenvalue weighted by Gasteiger charge is 2.60. The molecule has 624 valence electrons. The van der Waals surface area contributed by atoms with E-state index < -0.39 is 48.1 Å². The van der Waals surface area contributed by atoms with Crippen LogP contribution < -0.4 is 18.9 Å². The van der Waals surface area contributed by atoms with Gasteiger partial charge in [0.15, 0.2) is 5.71 Å². The van der Waals surface area contributed by atoms with Gasteiger partial charge in [-0.25, -0.2) is 4.58 Å².